The molecule has 0 fully saturated rings. The Balaban J connectivity index is 2.10. The smallest absolute Gasteiger partial charge is 0.306 e. The van der Waals surface area contributed by atoms with E-state index >= 15 is 0 Å². The zero-order valence-corrected chi connectivity index (χ0v) is 9.29. The fourth-order valence-corrected chi connectivity index (χ4v) is 2.06. The molecule has 0 radical (unpaired) electrons. The van der Waals surface area contributed by atoms with Gasteiger partial charge in [-0.05, 0) is 36.8 Å². The van der Waals surface area contributed by atoms with Crippen LogP contribution in [0, 0.1) is 0 Å². The molecular formula is C12H16O4. The second-order valence-corrected chi connectivity index (χ2v) is 4.24. The molecule has 0 spiro atoms. The molecule has 4 heteroatoms. The van der Waals surface area contributed by atoms with Crippen LogP contribution in [0.5, 0.6) is 0 Å². The number of carbonyl (C=O) groups is 2. The van der Waals surface area contributed by atoms with E-state index in [1.54, 1.807) is 0 Å². The number of esters is 2. The van der Waals surface area contributed by atoms with Gasteiger partial charge in [0.1, 0.15) is 13.2 Å². The highest BCUT2D eigenvalue weighted by Crippen LogP contribution is 2.25. The van der Waals surface area contributed by atoms with Crippen molar-refractivity contribution < 1.29 is 19.1 Å². The highest BCUT2D eigenvalue weighted by molar-refractivity contribution is 5.78. The van der Waals surface area contributed by atoms with E-state index in [2.05, 4.69) is 0 Å². The zero-order chi connectivity index (χ0) is 11.4. The van der Waals surface area contributed by atoms with Crippen molar-refractivity contribution in [3.8, 4) is 0 Å². The molecule has 2 rings (SSSR count). The molecule has 2 aliphatic rings. The molecule has 0 aromatic carbocycles. The summed E-state index contributed by atoms with van der Waals surface area (Å²) in [6.45, 7) is 0.761. The van der Waals surface area contributed by atoms with Gasteiger partial charge in [-0.15, -0.1) is 0 Å². The topological polar surface area (TPSA) is 52.6 Å². The molecular weight excluding hydrogens is 208 g/mol. The van der Waals surface area contributed by atoms with Crippen molar-refractivity contribution in [3.05, 3.63) is 11.1 Å². The molecule has 0 aromatic rings. The largest absolute Gasteiger partial charge is 0.461 e. The van der Waals surface area contributed by atoms with Crippen molar-refractivity contribution in [2.75, 3.05) is 13.2 Å². The van der Waals surface area contributed by atoms with Crippen molar-refractivity contribution in [1.82, 2.24) is 0 Å². The summed E-state index contributed by atoms with van der Waals surface area (Å²) >= 11 is 0. The third-order valence-corrected chi connectivity index (χ3v) is 3.06. The molecule has 16 heavy (non-hydrogen) atoms. The van der Waals surface area contributed by atoms with E-state index in [9.17, 15) is 9.59 Å². The lowest BCUT2D eigenvalue weighted by Gasteiger charge is -2.21. The van der Waals surface area contributed by atoms with Gasteiger partial charge in [0.2, 0.25) is 0 Å². The van der Waals surface area contributed by atoms with E-state index in [0.29, 0.717) is 13.2 Å². The maximum absolute atomic E-state index is 11.3. The van der Waals surface area contributed by atoms with Gasteiger partial charge in [-0.25, -0.2) is 0 Å². The first-order valence-electron chi connectivity index (χ1n) is 5.77. The van der Waals surface area contributed by atoms with Gasteiger partial charge in [0.15, 0.2) is 0 Å². The van der Waals surface area contributed by atoms with E-state index in [0.717, 1.165) is 36.8 Å². The average molecular weight is 224 g/mol. The van der Waals surface area contributed by atoms with Gasteiger partial charge < -0.3 is 9.47 Å². The lowest BCUT2D eigenvalue weighted by atomic mass is 9.92. The summed E-state index contributed by atoms with van der Waals surface area (Å²) in [6.07, 6.45) is 4.43. The van der Waals surface area contributed by atoms with E-state index in [-0.39, 0.29) is 24.8 Å². The standard InChI is InChI=1S/C12H16O4/c13-11-5-6-12(14)16-8-10-4-2-1-3-9(10)7-15-11/h1-8H2. The monoisotopic (exact) mass is 224 g/mol. The van der Waals surface area contributed by atoms with Gasteiger partial charge in [0.25, 0.3) is 0 Å². The number of ether oxygens (including phenoxy) is 2. The molecule has 88 valence electrons. The van der Waals surface area contributed by atoms with Crippen LogP contribution in [0.4, 0.5) is 0 Å². The van der Waals surface area contributed by atoms with Gasteiger partial charge in [-0.1, -0.05) is 0 Å². The Hall–Kier alpha value is -1.32. The fraction of sp³-hybridized carbons (Fsp3) is 0.667. The molecule has 1 aliphatic carbocycles. The minimum Gasteiger partial charge on any atom is -0.461 e. The predicted molar refractivity (Wildman–Crippen MR) is 56.6 cm³/mol. The third-order valence-electron chi connectivity index (χ3n) is 3.06. The molecule has 0 atom stereocenters. The summed E-state index contributed by atoms with van der Waals surface area (Å²) in [5.41, 5.74) is 2.30. The highest BCUT2D eigenvalue weighted by Gasteiger charge is 2.18. The summed E-state index contributed by atoms with van der Waals surface area (Å²) in [5.74, 6) is -0.618. The number of cyclic esters (lactones) is 2. The molecule has 0 saturated carbocycles. The lowest BCUT2D eigenvalue weighted by Crippen LogP contribution is -2.18. The number of carbonyl (C=O) groups excluding carboxylic acids is 2. The SMILES string of the molecule is O=C1CCC(=O)OCC2=C(CCCC2)CO1. The van der Waals surface area contributed by atoms with Crippen LogP contribution in [0.1, 0.15) is 38.5 Å². The van der Waals surface area contributed by atoms with E-state index < -0.39 is 0 Å². The van der Waals surface area contributed by atoms with Gasteiger partial charge in [0.05, 0.1) is 12.8 Å². The minimum absolute atomic E-state index is 0.126. The first-order chi connectivity index (χ1) is 7.75. The third kappa shape index (κ3) is 2.84. The molecule has 1 heterocycles. The summed E-state index contributed by atoms with van der Waals surface area (Å²) in [6, 6.07) is 0. The molecule has 0 saturated heterocycles. The van der Waals surface area contributed by atoms with Crippen LogP contribution in [0.25, 0.3) is 0 Å². The van der Waals surface area contributed by atoms with Crippen molar-refractivity contribution in [1.29, 1.82) is 0 Å². The average Bonchev–Trinajstić information content (AvgIpc) is 2.31. The van der Waals surface area contributed by atoms with Crippen molar-refractivity contribution in [3.63, 3.8) is 0 Å². The van der Waals surface area contributed by atoms with Crippen LogP contribution in [0.15, 0.2) is 11.1 Å². The lowest BCUT2D eigenvalue weighted by molar-refractivity contribution is -0.150. The first-order valence-corrected chi connectivity index (χ1v) is 5.77. The molecule has 1 aliphatic heterocycles. The molecule has 0 amide bonds. The highest BCUT2D eigenvalue weighted by atomic mass is 16.5. The van der Waals surface area contributed by atoms with Crippen LogP contribution in [0.3, 0.4) is 0 Å². The fourth-order valence-electron chi connectivity index (χ4n) is 2.06. The van der Waals surface area contributed by atoms with Crippen LogP contribution in [-0.4, -0.2) is 25.2 Å². The number of rotatable bonds is 0. The Morgan fingerprint density at radius 3 is 1.56 bits per heavy atom. The quantitative estimate of drug-likeness (QED) is 0.464. The Morgan fingerprint density at radius 1 is 0.688 bits per heavy atom. The van der Waals surface area contributed by atoms with Crippen molar-refractivity contribution in [2.24, 2.45) is 0 Å². The van der Waals surface area contributed by atoms with Gasteiger partial charge in [-0.2, -0.15) is 0 Å². The summed E-state index contributed by atoms with van der Waals surface area (Å²) in [4.78, 5) is 22.5. The molecule has 0 aromatic heterocycles. The minimum atomic E-state index is -0.309. The second kappa shape index (κ2) is 5.14. The van der Waals surface area contributed by atoms with Gasteiger partial charge in [-0.3, -0.25) is 9.59 Å². The van der Waals surface area contributed by atoms with E-state index in [1.165, 1.54) is 0 Å². The van der Waals surface area contributed by atoms with Gasteiger partial charge >= 0.3 is 11.9 Å². The van der Waals surface area contributed by atoms with Crippen molar-refractivity contribution >= 4 is 11.9 Å². The molecule has 0 N–H and O–H groups in total. The Morgan fingerprint density at radius 2 is 1.12 bits per heavy atom. The van der Waals surface area contributed by atoms with Crippen molar-refractivity contribution in [2.45, 2.75) is 38.5 Å². The van der Waals surface area contributed by atoms with E-state index in [1.807, 2.05) is 0 Å². The van der Waals surface area contributed by atoms with Crippen LogP contribution in [0.2, 0.25) is 0 Å². The van der Waals surface area contributed by atoms with Crippen LogP contribution < -0.4 is 0 Å². The maximum atomic E-state index is 11.3. The Kier molecular flexibility index (Phi) is 3.59. The molecule has 4 nitrogen and oxygen atoms in total. The number of hydrogen-bond acceptors (Lipinski definition) is 4. The van der Waals surface area contributed by atoms with Crippen LogP contribution in [-0.2, 0) is 19.1 Å². The Labute approximate surface area is 94.6 Å². The summed E-state index contributed by atoms with van der Waals surface area (Å²) < 4.78 is 10.3. The molecule has 0 bridgehead atoms. The number of hydrogen-bond donors (Lipinski definition) is 0. The Bertz CT molecular complexity index is 298. The van der Waals surface area contributed by atoms with Crippen LogP contribution >= 0.6 is 0 Å². The second-order valence-electron chi connectivity index (χ2n) is 4.24. The summed E-state index contributed by atoms with van der Waals surface area (Å²) in [5, 5.41) is 0. The molecule has 0 unspecified atom stereocenters. The first kappa shape index (κ1) is 11.2. The maximum Gasteiger partial charge on any atom is 0.306 e. The van der Waals surface area contributed by atoms with E-state index in [4.69, 9.17) is 9.47 Å². The normalized spacial score (nSPS) is 23.2. The van der Waals surface area contributed by atoms with Gasteiger partial charge in [0, 0.05) is 0 Å². The zero-order valence-electron chi connectivity index (χ0n) is 9.29. The predicted octanol–water partition coefficient (Wildman–Crippen LogP) is 1.74. The summed E-state index contributed by atoms with van der Waals surface area (Å²) in [7, 11) is 0.